The Morgan fingerprint density at radius 2 is 2.00 bits per heavy atom. The maximum Gasteiger partial charge on any atom is 0.319 e. The van der Waals surface area contributed by atoms with Gasteiger partial charge in [-0.3, -0.25) is 14.8 Å². The number of aromatic amines is 1. The Balaban J connectivity index is 1.44. The van der Waals surface area contributed by atoms with Crippen LogP contribution in [0, 0.1) is 0 Å². The van der Waals surface area contributed by atoms with E-state index in [4.69, 9.17) is 5.11 Å². The van der Waals surface area contributed by atoms with Crippen LogP contribution in [-0.4, -0.2) is 57.4 Å². The summed E-state index contributed by atoms with van der Waals surface area (Å²) in [5.74, 6) is -0.820. The normalized spacial score (nSPS) is 19.0. The number of nitrogens with one attached hydrogen (secondary N) is 3. The quantitative estimate of drug-likeness (QED) is 0.607. The third-order valence-corrected chi connectivity index (χ3v) is 4.66. The maximum absolute atomic E-state index is 12.1. The molecule has 1 aliphatic rings. The minimum absolute atomic E-state index is 0.0444. The number of aliphatic carboxylic acids is 1. The van der Waals surface area contributed by atoms with Crippen LogP contribution in [0.15, 0.2) is 36.5 Å². The van der Waals surface area contributed by atoms with E-state index in [0.29, 0.717) is 12.2 Å². The van der Waals surface area contributed by atoms with Gasteiger partial charge in [0.15, 0.2) is 0 Å². The summed E-state index contributed by atoms with van der Waals surface area (Å²) in [6.07, 6.45) is 3.23. The van der Waals surface area contributed by atoms with Crippen LogP contribution < -0.4 is 10.6 Å². The fourth-order valence-electron chi connectivity index (χ4n) is 3.18. The Bertz CT molecular complexity index is 739. The maximum atomic E-state index is 12.1. The summed E-state index contributed by atoms with van der Waals surface area (Å²) < 4.78 is 0. The zero-order chi connectivity index (χ0) is 18.5. The number of urea groups is 1. The van der Waals surface area contributed by atoms with Gasteiger partial charge in [-0.25, -0.2) is 4.79 Å². The van der Waals surface area contributed by atoms with Crippen molar-refractivity contribution in [3.8, 4) is 11.3 Å². The van der Waals surface area contributed by atoms with Crippen molar-refractivity contribution in [3.05, 3.63) is 36.5 Å². The molecule has 1 heterocycles. The van der Waals surface area contributed by atoms with E-state index in [-0.39, 0.29) is 24.7 Å². The van der Waals surface area contributed by atoms with Crippen LogP contribution in [0.25, 0.3) is 11.3 Å². The van der Waals surface area contributed by atoms with Crippen molar-refractivity contribution < 1.29 is 14.7 Å². The SMILES string of the molecule is CCN(CC(=O)O)C1CC(NC(=O)Nc2ccc(-c3ccn[nH]3)cc2)C1. The predicted octanol–water partition coefficient (Wildman–Crippen LogP) is 2.14. The van der Waals surface area contributed by atoms with Crippen LogP contribution in [0.1, 0.15) is 19.8 Å². The first-order valence-corrected chi connectivity index (χ1v) is 8.68. The second-order valence-electron chi connectivity index (χ2n) is 6.43. The van der Waals surface area contributed by atoms with Gasteiger partial charge in [0, 0.05) is 24.0 Å². The minimum atomic E-state index is -0.820. The Morgan fingerprint density at radius 3 is 2.58 bits per heavy atom. The molecule has 138 valence electrons. The van der Waals surface area contributed by atoms with E-state index in [9.17, 15) is 9.59 Å². The number of rotatable bonds is 7. The lowest BCUT2D eigenvalue weighted by Gasteiger charge is -2.42. The number of carbonyl (C=O) groups is 2. The molecular formula is C18H23N5O3. The molecule has 2 aromatic rings. The molecule has 0 bridgehead atoms. The molecule has 1 aromatic heterocycles. The molecule has 0 atom stereocenters. The number of aromatic nitrogens is 2. The molecule has 1 aliphatic carbocycles. The fourth-order valence-corrected chi connectivity index (χ4v) is 3.18. The lowest BCUT2D eigenvalue weighted by molar-refractivity contribution is -0.139. The zero-order valence-electron chi connectivity index (χ0n) is 14.6. The first kappa shape index (κ1) is 17.9. The van der Waals surface area contributed by atoms with Crippen LogP contribution >= 0.6 is 0 Å². The van der Waals surface area contributed by atoms with Gasteiger partial charge in [-0.1, -0.05) is 19.1 Å². The van der Waals surface area contributed by atoms with Gasteiger partial charge in [0.2, 0.25) is 0 Å². The van der Waals surface area contributed by atoms with E-state index >= 15 is 0 Å². The number of carbonyl (C=O) groups excluding carboxylic acids is 1. The largest absolute Gasteiger partial charge is 0.480 e. The first-order valence-electron chi connectivity index (χ1n) is 8.68. The van der Waals surface area contributed by atoms with Crippen LogP contribution in [0.2, 0.25) is 0 Å². The summed E-state index contributed by atoms with van der Waals surface area (Å²) in [4.78, 5) is 24.9. The number of benzene rings is 1. The summed E-state index contributed by atoms with van der Waals surface area (Å²) in [6, 6.07) is 9.43. The number of carboxylic acids is 1. The van der Waals surface area contributed by atoms with Crippen LogP contribution in [0.4, 0.5) is 10.5 Å². The lowest BCUT2D eigenvalue weighted by atomic mass is 9.85. The molecule has 1 aromatic carbocycles. The lowest BCUT2D eigenvalue weighted by Crippen LogP contribution is -2.55. The van der Waals surface area contributed by atoms with Crippen molar-refractivity contribution in [3.63, 3.8) is 0 Å². The van der Waals surface area contributed by atoms with Crippen molar-refractivity contribution in [1.82, 2.24) is 20.4 Å². The van der Waals surface area contributed by atoms with E-state index in [1.54, 1.807) is 6.20 Å². The molecule has 8 heteroatoms. The molecule has 1 saturated carbocycles. The Labute approximate surface area is 151 Å². The summed E-state index contributed by atoms with van der Waals surface area (Å²) >= 11 is 0. The fraction of sp³-hybridized carbons (Fsp3) is 0.389. The Hall–Kier alpha value is -2.87. The standard InChI is InChI=1S/C18H23N5O3/c1-2-23(11-17(24)25)15-9-14(10-15)21-18(26)20-13-5-3-12(4-6-13)16-7-8-19-22-16/h3-8,14-15H,2,9-11H2,1H3,(H,19,22)(H,24,25)(H2,20,21,26). The van der Waals surface area contributed by atoms with Crippen molar-refractivity contribution in [2.75, 3.05) is 18.4 Å². The third kappa shape index (κ3) is 4.40. The number of hydrogen-bond donors (Lipinski definition) is 4. The Morgan fingerprint density at radius 1 is 1.27 bits per heavy atom. The average Bonchev–Trinajstić information content (AvgIpc) is 3.11. The van der Waals surface area contributed by atoms with Gasteiger partial charge in [0.25, 0.3) is 0 Å². The number of hydrogen-bond acceptors (Lipinski definition) is 4. The monoisotopic (exact) mass is 357 g/mol. The summed E-state index contributed by atoms with van der Waals surface area (Å²) in [7, 11) is 0. The molecule has 26 heavy (non-hydrogen) atoms. The topological polar surface area (TPSA) is 110 Å². The highest BCUT2D eigenvalue weighted by Crippen LogP contribution is 2.25. The van der Waals surface area contributed by atoms with E-state index in [1.165, 1.54) is 0 Å². The Kier molecular flexibility index (Phi) is 5.52. The molecule has 8 nitrogen and oxygen atoms in total. The summed E-state index contributed by atoms with van der Waals surface area (Å²) in [6.45, 7) is 2.69. The van der Waals surface area contributed by atoms with E-state index < -0.39 is 5.97 Å². The number of likely N-dealkylation sites (N-methyl/N-ethyl adjacent to an activating group) is 1. The zero-order valence-corrected chi connectivity index (χ0v) is 14.6. The number of carboxylic acid groups (broad SMARTS) is 1. The van der Waals surface area contributed by atoms with Gasteiger partial charge in [-0.15, -0.1) is 0 Å². The molecule has 0 radical (unpaired) electrons. The predicted molar refractivity (Wildman–Crippen MR) is 97.9 cm³/mol. The second kappa shape index (κ2) is 8.01. The van der Waals surface area contributed by atoms with Crippen LogP contribution in [-0.2, 0) is 4.79 Å². The molecular weight excluding hydrogens is 334 g/mol. The highest BCUT2D eigenvalue weighted by Gasteiger charge is 2.34. The molecule has 3 rings (SSSR count). The van der Waals surface area contributed by atoms with E-state index in [1.807, 2.05) is 42.2 Å². The van der Waals surface area contributed by atoms with E-state index in [2.05, 4.69) is 20.8 Å². The van der Waals surface area contributed by atoms with Crippen LogP contribution in [0.3, 0.4) is 0 Å². The molecule has 4 N–H and O–H groups in total. The number of amides is 2. The number of H-pyrrole nitrogens is 1. The molecule has 0 saturated heterocycles. The average molecular weight is 357 g/mol. The highest BCUT2D eigenvalue weighted by molar-refractivity contribution is 5.89. The molecule has 1 fully saturated rings. The van der Waals surface area contributed by atoms with Gasteiger partial charge in [-0.05, 0) is 43.1 Å². The molecule has 0 aliphatic heterocycles. The second-order valence-corrected chi connectivity index (χ2v) is 6.43. The van der Waals surface area contributed by atoms with Gasteiger partial charge < -0.3 is 15.7 Å². The van der Waals surface area contributed by atoms with Gasteiger partial charge >= 0.3 is 12.0 Å². The molecule has 0 spiro atoms. The smallest absolute Gasteiger partial charge is 0.319 e. The van der Waals surface area contributed by atoms with Gasteiger partial charge in [-0.2, -0.15) is 5.10 Å². The van der Waals surface area contributed by atoms with E-state index in [0.717, 1.165) is 24.1 Å². The first-order chi connectivity index (χ1) is 12.5. The summed E-state index contributed by atoms with van der Waals surface area (Å²) in [5, 5.41) is 21.5. The number of nitrogens with zero attached hydrogens (tertiary/aromatic N) is 2. The molecule has 0 unspecified atom stereocenters. The van der Waals surface area contributed by atoms with Crippen molar-refractivity contribution in [2.24, 2.45) is 0 Å². The third-order valence-electron chi connectivity index (χ3n) is 4.66. The highest BCUT2D eigenvalue weighted by atomic mass is 16.4. The minimum Gasteiger partial charge on any atom is -0.480 e. The van der Waals surface area contributed by atoms with Gasteiger partial charge in [0.05, 0.1) is 12.2 Å². The van der Waals surface area contributed by atoms with Gasteiger partial charge in [0.1, 0.15) is 0 Å². The van der Waals surface area contributed by atoms with Crippen molar-refractivity contribution in [1.29, 1.82) is 0 Å². The van der Waals surface area contributed by atoms with Crippen LogP contribution in [0.5, 0.6) is 0 Å². The van der Waals surface area contributed by atoms with Crippen molar-refractivity contribution >= 4 is 17.7 Å². The van der Waals surface area contributed by atoms with Crippen molar-refractivity contribution in [2.45, 2.75) is 31.8 Å². The number of anilines is 1. The molecule has 2 amide bonds. The summed E-state index contributed by atoms with van der Waals surface area (Å²) in [5.41, 5.74) is 2.62.